The number of carbonyl (C=O) groups excluding carboxylic acids is 3. The molecule has 1 aromatic carbocycles. The van der Waals surface area contributed by atoms with E-state index < -0.39 is 5.97 Å². The summed E-state index contributed by atoms with van der Waals surface area (Å²) < 4.78 is 10.4. The van der Waals surface area contributed by atoms with Crippen molar-refractivity contribution in [3.05, 3.63) is 52.8 Å². The smallest absolute Gasteiger partial charge is 0.355 e. The highest BCUT2D eigenvalue weighted by molar-refractivity contribution is 5.97. The molecule has 0 aliphatic carbocycles. The van der Waals surface area contributed by atoms with Crippen molar-refractivity contribution in [1.29, 1.82) is 0 Å². The monoisotopic (exact) mass is 315 g/mol. The number of methoxy groups -OCH3 is 1. The Morgan fingerprint density at radius 3 is 2.30 bits per heavy atom. The van der Waals surface area contributed by atoms with E-state index >= 15 is 0 Å². The van der Waals surface area contributed by atoms with E-state index in [1.165, 1.54) is 33.2 Å². The molecule has 1 aromatic heterocycles. The number of nitrogens with one attached hydrogen (secondary N) is 1. The lowest BCUT2D eigenvalue weighted by molar-refractivity contribution is 0.0464. The lowest BCUT2D eigenvalue weighted by atomic mass is 10.1. The first-order valence-electron chi connectivity index (χ1n) is 6.96. The summed E-state index contributed by atoms with van der Waals surface area (Å²) in [5.74, 6) is -0.293. The number of carbonyl (C=O) groups is 3. The fraction of sp³-hybridized carbons (Fsp3) is 0.235. The van der Waals surface area contributed by atoms with Gasteiger partial charge in [0.05, 0.1) is 7.11 Å². The molecule has 0 saturated heterocycles. The van der Waals surface area contributed by atoms with E-state index in [4.69, 9.17) is 9.47 Å². The molecule has 6 nitrogen and oxygen atoms in total. The maximum atomic E-state index is 12.0. The number of ketones is 2. The zero-order valence-corrected chi connectivity index (χ0v) is 13.1. The van der Waals surface area contributed by atoms with Crippen molar-refractivity contribution in [2.24, 2.45) is 0 Å². The molecule has 23 heavy (non-hydrogen) atoms. The number of hydrogen-bond acceptors (Lipinski definition) is 5. The van der Waals surface area contributed by atoms with Gasteiger partial charge in [-0.2, -0.15) is 0 Å². The van der Waals surface area contributed by atoms with Crippen molar-refractivity contribution < 1.29 is 23.9 Å². The van der Waals surface area contributed by atoms with E-state index in [0.29, 0.717) is 22.4 Å². The fourth-order valence-corrected chi connectivity index (χ4v) is 2.05. The van der Waals surface area contributed by atoms with Gasteiger partial charge < -0.3 is 14.5 Å². The Balaban J connectivity index is 2.12. The molecule has 2 aromatic rings. The zero-order valence-electron chi connectivity index (χ0n) is 13.1. The van der Waals surface area contributed by atoms with E-state index in [9.17, 15) is 14.4 Å². The molecule has 1 N–H and O–H groups in total. The molecular formula is C17H17NO5. The van der Waals surface area contributed by atoms with Gasteiger partial charge >= 0.3 is 5.97 Å². The summed E-state index contributed by atoms with van der Waals surface area (Å²) in [6.07, 6.45) is 1.45. The molecule has 0 fully saturated rings. The van der Waals surface area contributed by atoms with Gasteiger partial charge in [0, 0.05) is 22.9 Å². The van der Waals surface area contributed by atoms with Crippen molar-refractivity contribution >= 4 is 17.5 Å². The third-order valence-electron chi connectivity index (χ3n) is 3.36. The van der Waals surface area contributed by atoms with E-state index in [0.717, 1.165) is 0 Å². The number of ether oxygens (including phenoxy) is 2. The Bertz CT molecular complexity index is 760. The van der Waals surface area contributed by atoms with Crippen LogP contribution in [0.25, 0.3) is 0 Å². The second kappa shape index (κ2) is 6.91. The van der Waals surface area contributed by atoms with E-state index in [1.54, 1.807) is 18.2 Å². The summed E-state index contributed by atoms with van der Waals surface area (Å²) >= 11 is 0. The molecule has 0 bridgehead atoms. The van der Waals surface area contributed by atoms with Crippen molar-refractivity contribution in [1.82, 2.24) is 4.98 Å². The molecule has 2 rings (SSSR count). The highest BCUT2D eigenvalue weighted by Gasteiger charge is 2.14. The van der Waals surface area contributed by atoms with Crippen LogP contribution in [-0.2, 0) is 11.3 Å². The molecule has 0 atom stereocenters. The van der Waals surface area contributed by atoms with E-state index in [-0.39, 0.29) is 23.9 Å². The first-order valence-corrected chi connectivity index (χ1v) is 6.96. The fourth-order valence-electron chi connectivity index (χ4n) is 2.05. The Labute approximate surface area is 133 Å². The van der Waals surface area contributed by atoms with Gasteiger partial charge in [-0.15, -0.1) is 0 Å². The molecular weight excluding hydrogens is 298 g/mol. The normalized spacial score (nSPS) is 10.2. The van der Waals surface area contributed by atoms with Gasteiger partial charge in [-0.05, 0) is 38.1 Å². The van der Waals surface area contributed by atoms with Crippen molar-refractivity contribution in [3.8, 4) is 5.75 Å². The van der Waals surface area contributed by atoms with Gasteiger partial charge in [0.1, 0.15) is 18.1 Å². The number of rotatable bonds is 6. The third kappa shape index (κ3) is 3.85. The lowest BCUT2D eigenvalue weighted by Gasteiger charge is -2.10. The number of hydrogen-bond donors (Lipinski definition) is 1. The van der Waals surface area contributed by atoms with Gasteiger partial charge in [0.2, 0.25) is 0 Å². The molecule has 0 aliphatic rings. The molecule has 0 saturated carbocycles. The standard InChI is InChI=1S/C17H17NO5/c1-10(19)12-4-5-16(22-3)14(6-12)9-23-17(21)15-7-13(8-18-15)11(2)20/h4-8,18H,9H2,1-3H3. The van der Waals surface area contributed by atoms with Crippen LogP contribution in [-0.4, -0.2) is 29.6 Å². The van der Waals surface area contributed by atoms with Crippen molar-refractivity contribution in [2.75, 3.05) is 7.11 Å². The van der Waals surface area contributed by atoms with Gasteiger partial charge in [0.15, 0.2) is 11.6 Å². The molecule has 0 unspecified atom stereocenters. The highest BCUT2D eigenvalue weighted by Crippen LogP contribution is 2.21. The highest BCUT2D eigenvalue weighted by atomic mass is 16.5. The van der Waals surface area contributed by atoms with Gasteiger partial charge in [0.25, 0.3) is 0 Å². The minimum atomic E-state index is -0.590. The van der Waals surface area contributed by atoms with Crippen LogP contribution in [0, 0.1) is 0 Å². The topological polar surface area (TPSA) is 85.5 Å². The third-order valence-corrected chi connectivity index (χ3v) is 3.36. The van der Waals surface area contributed by atoms with Crippen LogP contribution in [0.1, 0.15) is 50.6 Å². The van der Waals surface area contributed by atoms with Crippen LogP contribution in [0.15, 0.2) is 30.5 Å². The summed E-state index contributed by atoms with van der Waals surface area (Å²) in [5, 5.41) is 0. The first-order chi connectivity index (χ1) is 10.9. The SMILES string of the molecule is COc1ccc(C(C)=O)cc1COC(=O)c1cc(C(C)=O)c[nH]1. The molecule has 0 amide bonds. The molecule has 120 valence electrons. The van der Waals surface area contributed by atoms with Crippen molar-refractivity contribution in [2.45, 2.75) is 20.5 Å². The Hall–Kier alpha value is -2.89. The number of H-pyrrole nitrogens is 1. The van der Waals surface area contributed by atoms with Crippen LogP contribution in [0.3, 0.4) is 0 Å². The zero-order chi connectivity index (χ0) is 17.0. The van der Waals surface area contributed by atoms with E-state index in [1.807, 2.05) is 0 Å². The van der Waals surface area contributed by atoms with Crippen LogP contribution >= 0.6 is 0 Å². The first kappa shape index (κ1) is 16.5. The number of Topliss-reactive ketones (excluding diaryl/α,β-unsaturated/α-hetero) is 2. The summed E-state index contributed by atoms with van der Waals surface area (Å²) in [7, 11) is 1.50. The average Bonchev–Trinajstić information content (AvgIpc) is 3.02. The van der Waals surface area contributed by atoms with Gasteiger partial charge in [-0.1, -0.05) is 0 Å². The Morgan fingerprint density at radius 1 is 1.04 bits per heavy atom. The van der Waals surface area contributed by atoms with Crippen LogP contribution < -0.4 is 4.74 Å². The summed E-state index contributed by atoms with van der Waals surface area (Å²) in [4.78, 5) is 37.4. The van der Waals surface area contributed by atoms with Crippen LogP contribution in [0.5, 0.6) is 5.75 Å². The lowest BCUT2D eigenvalue weighted by Crippen LogP contribution is -2.07. The maximum absolute atomic E-state index is 12.0. The van der Waals surface area contributed by atoms with E-state index in [2.05, 4.69) is 4.98 Å². The van der Waals surface area contributed by atoms with Gasteiger partial charge in [-0.3, -0.25) is 9.59 Å². The quantitative estimate of drug-likeness (QED) is 0.654. The molecule has 0 radical (unpaired) electrons. The predicted molar refractivity (Wildman–Crippen MR) is 82.9 cm³/mol. The average molecular weight is 315 g/mol. The molecule has 1 heterocycles. The minimum Gasteiger partial charge on any atom is -0.496 e. The second-order valence-corrected chi connectivity index (χ2v) is 5.02. The predicted octanol–water partition coefficient (Wildman–Crippen LogP) is 2.79. The van der Waals surface area contributed by atoms with Crippen LogP contribution in [0.4, 0.5) is 0 Å². The largest absolute Gasteiger partial charge is 0.496 e. The Kier molecular flexibility index (Phi) is 4.95. The summed E-state index contributed by atoms with van der Waals surface area (Å²) in [6.45, 7) is 2.83. The van der Waals surface area contributed by atoms with Crippen LogP contribution in [0.2, 0.25) is 0 Å². The number of aromatic nitrogens is 1. The second-order valence-electron chi connectivity index (χ2n) is 5.02. The number of benzene rings is 1. The Morgan fingerprint density at radius 2 is 1.74 bits per heavy atom. The summed E-state index contributed by atoms with van der Waals surface area (Å²) in [6, 6.07) is 6.37. The number of aromatic amines is 1. The minimum absolute atomic E-state index is 0.0441. The van der Waals surface area contributed by atoms with Gasteiger partial charge in [-0.25, -0.2) is 4.79 Å². The molecule has 6 heteroatoms. The molecule has 0 spiro atoms. The van der Waals surface area contributed by atoms with Crippen molar-refractivity contribution in [3.63, 3.8) is 0 Å². The number of esters is 1. The molecule has 0 aliphatic heterocycles. The summed E-state index contributed by atoms with van der Waals surface area (Å²) in [5.41, 5.74) is 1.70. The maximum Gasteiger partial charge on any atom is 0.355 e.